The van der Waals surface area contributed by atoms with Crippen molar-refractivity contribution in [3.8, 4) is 11.5 Å². The molecule has 0 saturated carbocycles. The molecular weight excluding hydrogens is 713 g/mol. The Labute approximate surface area is 315 Å². The number of carboxylic acids is 1. The molecule has 14 heteroatoms. The monoisotopic (exact) mass is 768 g/mol. The molecule has 2 aromatic carbocycles. The summed E-state index contributed by atoms with van der Waals surface area (Å²) in [5, 5.41) is 9.36. The van der Waals surface area contributed by atoms with Gasteiger partial charge in [0.25, 0.3) is 11.8 Å². The van der Waals surface area contributed by atoms with Gasteiger partial charge in [-0.1, -0.05) is 74.7 Å². The number of esters is 1. The van der Waals surface area contributed by atoms with E-state index in [0.29, 0.717) is 48.7 Å². The Bertz CT molecular complexity index is 1650. The van der Waals surface area contributed by atoms with E-state index in [1.165, 1.54) is 16.9 Å². The van der Waals surface area contributed by atoms with Crippen LogP contribution in [0.25, 0.3) is 0 Å². The highest BCUT2D eigenvalue weighted by Gasteiger charge is 2.36. The van der Waals surface area contributed by atoms with Crippen LogP contribution in [0.3, 0.4) is 0 Å². The molecule has 2 atom stereocenters. The summed E-state index contributed by atoms with van der Waals surface area (Å²) in [7, 11) is -0.988. The lowest BCUT2D eigenvalue weighted by atomic mass is 10.1. The molecule has 0 aromatic heterocycles. The number of benzene rings is 2. The molecule has 1 N–H and O–H groups in total. The number of rotatable bonds is 16. The second-order valence-corrected chi connectivity index (χ2v) is 26.9. The van der Waals surface area contributed by atoms with Crippen molar-refractivity contribution in [2.45, 2.75) is 90.1 Å². The van der Waals surface area contributed by atoms with Crippen LogP contribution in [0.15, 0.2) is 72.1 Å². The Hall–Kier alpha value is -4.25. The summed E-state index contributed by atoms with van der Waals surface area (Å²) in [4.78, 5) is 52.0. The van der Waals surface area contributed by atoms with E-state index >= 15 is 0 Å². The maximum atomic E-state index is 13.0. The number of hydrogen-bond acceptors (Lipinski definition) is 9. The number of hydrogen-bond donors (Lipinski definition) is 1. The van der Waals surface area contributed by atoms with Crippen molar-refractivity contribution < 1.29 is 48.0 Å². The third kappa shape index (κ3) is 13.6. The van der Waals surface area contributed by atoms with Crippen LogP contribution in [0.2, 0.25) is 51.4 Å². The Morgan fingerprint density at radius 3 is 1.47 bits per heavy atom. The summed E-state index contributed by atoms with van der Waals surface area (Å²) in [5.41, 5.74) is 2.54. The molecule has 12 nitrogen and oxygen atoms in total. The van der Waals surface area contributed by atoms with Gasteiger partial charge < -0.3 is 38.6 Å². The van der Waals surface area contributed by atoms with Gasteiger partial charge in [0.1, 0.15) is 23.6 Å². The molecule has 2 aromatic rings. The molecular formula is C39H56N2O10Si2. The van der Waals surface area contributed by atoms with Gasteiger partial charge in [0.2, 0.25) is 0 Å². The van der Waals surface area contributed by atoms with Crippen molar-refractivity contribution >= 4 is 39.9 Å². The third-order valence-electron chi connectivity index (χ3n) is 8.47. The predicted molar refractivity (Wildman–Crippen MR) is 208 cm³/mol. The summed E-state index contributed by atoms with van der Waals surface area (Å²) < 4.78 is 27.3. The quantitative estimate of drug-likeness (QED) is 0.0804. The largest absolute Gasteiger partial charge is 0.480 e. The number of carboxylic acid groups (broad SMARTS) is 1. The minimum Gasteiger partial charge on any atom is -0.480 e. The number of carbonyl (C=O) groups excluding carboxylic acids is 3. The smallest absolute Gasteiger partial charge is 0.329 e. The van der Waals surface area contributed by atoms with E-state index in [9.17, 15) is 24.3 Å². The van der Waals surface area contributed by atoms with E-state index in [-0.39, 0.29) is 25.4 Å². The van der Waals surface area contributed by atoms with Gasteiger partial charge in [-0.05, 0) is 50.2 Å². The molecule has 2 aliphatic rings. The molecule has 0 spiro atoms. The predicted octanol–water partition coefficient (Wildman–Crippen LogP) is 7.25. The molecule has 0 saturated heterocycles. The summed E-state index contributed by atoms with van der Waals surface area (Å²) in [6.07, 6.45) is 4.11. The highest BCUT2D eigenvalue weighted by Crippen LogP contribution is 2.29. The molecule has 0 bridgehead atoms. The Balaban J connectivity index is 0.000000286. The number of nitrogens with zero attached hydrogens (tertiary/aromatic N) is 2. The molecule has 290 valence electrons. The van der Waals surface area contributed by atoms with Gasteiger partial charge in [0, 0.05) is 54.6 Å². The van der Waals surface area contributed by atoms with E-state index in [4.69, 9.17) is 23.7 Å². The van der Waals surface area contributed by atoms with Gasteiger partial charge in [-0.25, -0.2) is 9.59 Å². The Morgan fingerprint density at radius 2 is 1.08 bits per heavy atom. The van der Waals surface area contributed by atoms with E-state index in [1.54, 1.807) is 60.9 Å². The number of para-hydroxylation sites is 2. The fourth-order valence-electron chi connectivity index (χ4n) is 5.41. The SMILES string of the molecule is CC1=CN(C(=O)c2ccccc2OCOCC[Si](C)(C)C)[C@H](C(=O)O)C1.COC(=O)[C@@H]1CC(C)=CN1C(=O)c1ccccc1OCOCC[Si](C)(C)C. The summed E-state index contributed by atoms with van der Waals surface area (Å²) in [6.45, 7) is 18.8. The molecule has 0 fully saturated rings. The van der Waals surface area contributed by atoms with E-state index in [0.717, 1.165) is 23.2 Å². The number of carbonyl (C=O) groups is 4. The Morgan fingerprint density at radius 1 is 0.679 bits per heavy atom. The summed E-state index contributed by atoms with van der Waals surface area (Å²) in [5.74, 6) is -1.28. The standard InChI is InChI=1S/C20H29NO5Si.C19H27NO5Si/c1-15-12-17(20(23)24-2)21(13-15)19(22)16-8-6-7-9-18(16)26-14-25-10-11-27(3,4)5;1-14-11-16(19(22)23)20(12-14)18(21)15-7-5-6-8-17(15)25-13-24-9-10-26(2,3)4/h6-9,13,17H,10-12,14H2,1-5H3;5-8,12,16H,9-11,13H2,1-4H3,(H,22,23)/t17-;16-/m00/s1. The van der Waals surface area contributed by atoms with Crippen LogP contribution in [0, 0.1) is 0 Å². The van der Waals surface area contributed by atoms with Gasteiger partial charge in [0.15, 0.2) is 13.6 Å². The second kappa shape index (κ2) is 19.7. The summed E-state index contributed by atoms with van der Waals surface area (Å²) in [6, 6.07) is 14.4. The number of amides is 2. The van der Waals surface area contributed by atoms with E-state index < -0.39 is 40.2 Å². The average Bonchev–Trinajstić information content (AvgIpc) is 3.69. The van der Waals surface area contributed by atoms with Crippen LogP contribution in [0.5, 0.6) is 11.5 Å². The first-order chi connectivity index (χ1) is 24.9. The minimum atomic E-state index is -1.16. The van der Waals surface area contributed by atoms with Crippen molar-refractivity contribution in [1.82, 2.24) is 9.80 Å². The fourth-order valence-corrected chi connectivity index (χ4v) is 6.92. The normalized spacial score (nSPS) is 17.0. The molecule has 2 aliphatic heterocycles. The van der Waals surface area contributed by atoms with Gasteiger partial charge in [-0.15, -0.1) is 0 Å². The van der Waals surface area contributed by atoms with E-state index in [1.807, 2.05) is 13.8 Å². The minimum absolute atomic E-state index is 0.0615. The molecule has 4 rings (SSSR count). The topological polar surface area (TPSA) is 141 Å². The summed E-state index contributed by atoms with van der Waals surface area (Å²) >= 11 is 0. The molecule has 53 heavy (non-hydrogen) atoms. The van der Waals surface area contributed by atoms with Crippen molar-refractivity contribution in [1.29, 1.82) is 0 Å². The first kappa shape index (κ1) is 43.2. The van der Waals surface area contributed by atoms with E-state index in [2.05, 4.69) is 39.3 Å². The molecule has 0 aliphatic carbocycles. The Kier molecular flexibility index (Phi) is 16.1. The number of ether oxygens (including phenoxy) is 5. The lowest BCUT2D eigenvalue weighted by Crippen LogP contribution is -2.39. The number of aliphatic carboxylic acids is 1. The number of methoxy groups -OCH3 is 1. The van der Waals surface area contributed by atoms with Crippen molar-refractivity contribution in [2.75, 3.05) is 33.9 Å². The van der Waals surface area contributed by atoms with Gasteiger partial charge in [-0.2, -0.15) is 0 Å². The zero-order chi connectivity index (χ0) is 39.3. The first-order valence-electron chi connectivity index (χ1n) is 17.8. The lowest BCUT2D eigenvalue weighted by Gasteiger charge is -2.22. The zero-order valence-corrected chi connectivity index (χ0v) is 34.6. The zero-order valence-electron chi connectivity index (χ0n) is 32.6. The molecule has 0 unspecified atom stereocenters. The third-order valence-corrected chi connectivity index (χ3v) is 11.9. The maximum Gasteiger partial charge on any atom is 0.329 e. The maximum absolute atomic E-state index is 13.0. The van der Waals surface area contributed by atoms with Crippen LogP contribution in [0.1, 0.15) is 47.4 Å². The van der Waals surface area contributed by atoms with Crippen molar-refractivity contribution in [3.63, 3.8) is 0 Å². The van der Waals surface area contributed by atoms with Crippen LogP contribution in [-0.2, 0) is 23.8 Å². The molecule has 0 radical (unpaired) electrons. The molecule has 2 heterocycles. The van der Waals surface area contributed by atoms with Gasteiger partial charge in [-0.3, -0.25) is 9.59 Å². The highest BCUT2D eigenvalue weighted by atomic mass is 28.3. The highest BCUT2D eigenvalue weighted by molar-refractivity contribution is 6.76. The van der Waals surface area contributed by atoms with Crippen molar-refractivity contribution in [3.05, 3.63) is 83.2 Å². The van der Waals surface area contributed by atoms with Gasteiger partial charge in [0.05, 0.1) is 18.2 Å². The second-order valence-electron chi connectivity index (χ2n) is 15.6. The van der Waals surface area contributed by atoms with Crippen LogP contribution >= 0.6 is 0 Å². The van der Waals surface area contributed by atoms with Crippen molar-refractivity contribution in [2.24, 2.45) is 0 Å². The lowest BCUT2D eigenvalue weighted by molar-refractivity contribution is -0.144. The fraction of sp³-hybridized carbons (Fsp3) is 0.487. The van der Waals surface area contributed by atoms with Crippen LogP contribution in [-0.4, -0.2) is 101 Å². The van der Waals surface area contributed by atoms with Crippen LogP contribution < -0.4 is 9.47 Å². The van der Waals surface area contributed by atoms with Crippen LogP contribution in [0.4, 0.5) is 0 Å². The molecule has 2 amide bonds. The average molecular weight is 769 g/mol. The van der Waals surface area contributed by atoms with Gasteiger partial charge >= 0.3 is 11.9 Å². The first-order valence-corrected chi connectivity index (χ1v) is 25.2.